The van der Waals surface area contributed by atoms with E-state index in [4.69, 9.17) is 0 Å². The maximum absolute atomic E-state index is 12.4. The van der Waals surface area contributed by atoms with Crippen molar-refractivity contribution in [1.82, 2.24) is 15.1 Å². The van der Waals surface area contributed by atoms with E-state index in [0.29, 0.717) is 24.9 Å². The number of hydrogen-bond acceptors (Lipinski definition) is 4. The molecule has 0 radical (unpaired) electrons. The molecule has 110 valence electrons. The van der Waals surface area contributed by atoms with Crippen molar-refractivity contribution in [1.29, 1.82) is 0 Å². The number of alkyl halides is 3. The van der Waals surface area contributed by atoms with E-state index in [2.05, 4.69) is 15.1 Å². The first-order valence-corrected chi connectivity index (χ1v) is 6.75. The topological polar surface area (TPSA) is 32.3 Å². The molecule has 1 aromatic rings. The SMILES string of the molecule is Cc1ccc(N2CC3CN(CC(F)(F)F)CC3C2)nn1. The lowest BCUT2D eigenvalue weighted by Gasteiger charge is -2.22. The van der Waals surface area contributed by atoms with Gasteiger partial charge in [-0.2, -0.15) is 18.3 Å². The standard InChI is InChI=1S/C13H17F3N4/c1-9-2-3-12(18-17-9)20-6-10-4-19(5-11(10)7-20)8-13(14,15)16/h2-3,10-11H,4-8H2,1H3. The molecule has 0 bridgehead atoms. The molecule has 20 heavy (non-hydrogen) atoms. The second-order valence-corrected chi connectivity index (χ2v) is 5.77. The molecule has 0 aliphatic carbocycles. The number of nitrogens with zero attached hydrogens (tertiary/aromatic N) is 4. The Hall–Kier alpha value is -1.37. The highest BCUT2D eigenvalue weighted by atomic mass is 19.4. The van der Waals surface area contributed by atoms with Crippen LogP contribution in [0, 0.1) is 18.8 Å². The van der Waals surface area contributed by atoms with Crippen molar-refractivity contribution >= 4 is 5.82 Å². The Bertz CT molecular complexity index is 459. The summed E-state index contributed by atoms with van der Waals surface area (Å²) >= 11 is 0. The molecule has 0 spiro atoms. The van der Waals surface area contributed by atoms with Gasteiger partial charge in [0.1, 0.15) is 0 Å². The van der Waals surface area contributed by atoms with Crippen LogP contribution in [0.5, 0.6) is 0 Å². The Balaban J connectivity index is 1.59. The van der Waals surface area contributed by atoms with E-state index in [1.807, 2.05) is 19.1 Å². The van der Waals surface area contributed by atoms with Crippen molar-refractivity contribution in [2.24, 2.45) is 11.8 Å². The van der Waals surface area contributed by atoms with Gasteiger partial charge in [-0.1, -0.05) is 0 Å². The maximum atomic E-state index is 12.4. The lowest BCUT2D eigenvalue weighted by atomic mass is 10.0. The maximum Gasteiger partial charge on any atom is 0.401 e. The number of halogens is 3. The van der Waals surface area contributed by atoms with Crippen molar-refractivity contribution < 1.29 is 13.2 Å². The van der Waals surface area contributed by atoms with Crippen LogP contribution in [0.25, 0.3) is 0 Å². The smallest absolute Gasteiger partial charge is 0.354 e. The predicted octanol–water partition coefficient (Wildman–Crippen LogP) is 1.72. The molecular formula is C13H17F3N4. The van der Waals surface area contributed by atoms with Crippen molar-refractivity contribution in [3.05, 3.63) is 17.8 Å². The van der Waals surface area contributed by atoms with Gasteiger partial charge in [0.05, 0.1) is 12.2 Å². The van der Waals surface area contributed by atoms with Gasteiger partial charge >= 0.3 is 6.18 Å². The third-order valence-electron chi connectivity index (χ3n) is 4.07. The van der Waals surface area contributed by atoms with E-state index in [0.717, 1.165) is 24.6 Å². The first-order valence-electron chi connectivity index (χ1n) is 6.75. The number of fused-ring (bicyclic) bond motifs is 1. The summed E-state index contributed by atoms with van der Waals surface area (Å²) in [7, 11) is 0. The molecular weight excluding hydrogens is 269 g/mol. The van der Waals surface area contributed by atoms with Crippen molar-refractivity contribution in [3.63, 3.8) is 0 Å². The highest BCUT2D eigenvalue weighted by molar-refractivity contribution is 5.39. The fourth-order valence-electron chi connectivity index (χ4n) is 3.22. The molecule has 2 atom stereocenters. The molecule has 7 heteroatoms. The highest BCUT2D eigenvalue weighted by Gasteiger charge is 2.43. The molecule has 0 amide bonds. The molecule has 3 rings (SSSR count). The zero-order chi connectivity index (χ0) is 14.3. The van der Waals surface area contributed by atoms with Gasteiger partial charge in [-0.05, 0) is 30.9 Å². The first-order chi connectivity index (χ1) is 9.40. The van der Waals surface area contributed by atoms with Gasteiger partial charge in [-0.3, -0.25) is 4.90 Å². The van der Waals surface area contributed by atoms with Crippen molar-refractivity contribution in [2.45, 2.75) is 13.1 Å². The van der Waals surface area contributed by atoms with Crippen LogP contribution in [0.15, 0.2) is 12.1 Å². The number of rotatable bonds is 2. The van der Waals surface area contributed by atoms with E-state index in [1.165, 1.54) is 4.90 Å². The minimum Gasteiger partial charge on any atom is -0.354 e. The fraction of sp³-hybridized carbons (Fsp3) is 0.692. The van der Waals surface area contributed by atoms with Crippen molar-refractivity contribution in [2.75, 3.05) is 37.6 Å². The summed E-state index contributed by atoms with van der Waals surface area (Å²) in [5.41, 5.74) is 0.865. The van der Waals surface area contributed by atoms with E-state index in [1.54, 1.807) is 0 Å². The van der Waals surface area contributed by atoms with Crippen LogP contribution in [0.4, 0.5) is 19.0 Å². The average molecular weight is 286 g/mol. The number of aryl methyl sites for hydroxylation is 1. The van der Waals surface area contributed by atoms with Gasteiger partial charge < -0.3 is 4.90 Å². The molecule has 2 aliphatic rings. The molecule has 1 aromatic heterocycles. The summed E-state index contributed by atoms with van der Waals surface area (Å²) < 4.78 is 37.2. The highest BCUT2D eigenvalue weighted by Crippen LogP contribution is 2.34. The Labute approximate surface area is 115 Å². The molecule has 0 aromatic carbocycles. The quantitative estimate of drug-likeness (QED) is 0.828. The summed E-state index contributed by atoms with van der Waals surface area (Å²) in [6.07, 6.45) is -4.10. The van der Waals surface area contributed by atoms with E-state index >= 15 is 0 Å². The Morgan fingerprint density at radius 3 is 2.25 bits per heavy atom. The van der Waals surface area contributed by atoms with E-state index in [-0.39, 0.29) is 0 Å². The summed E-state index contributed by atoms with van der Waals surface area (Å²) in [6, 6.07) is 3.84. The number of anilines is 1. The van der Waals surface area contributed by atoms with Gasteiger partial charge in [0.2, 0.25) is 0 Å². The molecule has 2 aliphatic heterocycles. The minimum atomic E-state index is -4.10. The minimum absolute atomic E-state index is 0.306. The zero-order valence-electron chi connectivity index (χ0n) is 11.3. The molecule has 3 heterocycles. The summed E-state index contributed by atoms with van der Waals surface area (Å²) in [5.74, 6) is 1.44. The molecule has 0 N–H and O–H groups in total. The van der Waals surface area contributed by atoms with E-state index < -0.39 is 12.7 Å². The number of hydrogen-bond donors (Lipinski definition) is 0. The second kappa shape index (κ2) is 4.87. The Morgan fingerprint density at radius 1 is 1.10 bits per heavy atom. The largest absolute Gasteiger partial charge is 0.401 e. The van der Waals surface area contributed by atoms with Gasteiger partial charge in [0.15, 0.2) is 5.82 Å². The van der Waals surface area contributed by atoms with Crippen LogP contribution in [-0.4, -0.2) is 54.0 Å². The van der Waals surface area contributed by atoms with Crippen LogP contribution in [0.3, 0.4) is 0 Å². The van der Waals surface area contributed by atoms with Gasteiger partial charge in [-0.15, -0.1) is 5.10 Å². The fourth-order valence-corrected chi connectivity index (χ4v) is 3.22. The predicted molar refractivity (Wildman–Crippen MR) is 68.5 cm³/mol. The van der Waals surface area contributed by atoms with Crippen LogP contribution in [-0.2, 0) is 0 Å². The molecule has 4 nitrogen and oxygen atoms in total. The molecule has 2 saturated heterocycles. The average Bonchev–Trinajstić information content (AvgIpc) is 2.85. The first kappa shape index (κ1) is 13.6. The summed E-state index contributed by atoms with van der Waals surface area (Å²) in [5, 5.41) is 8.18. The monoisotopic (exact) mass is 286 g/mol. The van der Waals surface area contributed by atoms with Crippen LogP contribution in [0.1, 0.15) is 5.69 Å². The summed E-state index contributed by atoms with van der Waals surface area (Å²) in [6.45, 7) is 3.70. The van der Waals surface area contributed by atoms with Crippen LogP contribution >= 0.6 is 0 Å². The van der Waals surface area contributed by atoms with Crippen molar-refractivity contribution in [3.8, 4) is 0 Å². The number of aromatic nitrogens is 2. The molecule has 0 saturated carbocycles. The molecule has 2 unspecified atom stereocenters. The Morgan fingerprint density at radius 2 is 1.75 bits per heavy atom. The van der Waals surface area contributed by atoms with Gasteiger partial charge in [0.25, 0.3) is 0 Å². The van der Waals surface area contributed by atoms with Crippen LogP contribution in [0.2, 0.25) is 0 Å². The normalized spacial score (nSPS) is 27.1. The lowest BCUT2D eigenvalue weighted by Crippen LogP contribution is -2.35. The lowest BCUT2D eigenvalue weighted by molar-refractivity contribution is -0.144. The summed E-state index contributed by atoms with van der Waals surface area (Å²) in [4.78, 5) is 3.65. The van der Waals surface area contributed by atoms with E-state index in [9.17, 15) is 13.2 Å². The third kappa shape index (κ3) is 2.87. The third-order valence-corrected chi connectivity index (χ3v) is 4.07. The zero-order valence-corrected chi connectivity index (χ0v) is 11.3. The second-order valence-electron chi connectivity index (χ2n) is 5.77. The number of likely N-dealkylation sites (tertiary alicyclic amines) is 1. The Kier molecular flexibility index (Phi) is 3.32. The molecule has 2 fully saturated rings. The van der Waals surface area contributed by atoms with Gasteiger partial charge in [0, 0.05) is 26.2 Å². The van der Waals surface area contributed by atoms with Crippen LogP contribution < -0.4 is 4.90 Å². The van der Waals surface area contributed by atoms with Gasteiger partial charge in [-0.25, -0.2) is 0 Å².